The van der Waals surface area contributed by atoms with Gasteiger partial charge in [-0.3, -0.25) is 9.59 Å². The molecule has 5 nitrogen and oxygen atoms in total. The summed E-state index contributed by atoms with van der Waals surface area (Å²) in [6, 6.07) is 13.6. The van der Waals surface area contributed by atoms with Gasteiger partial charge in [-0.25, -0.2) is 4.98 Å². The van der Waals surface area contributed by atoms with Gasteiger partial charge < -0.3 is 10.2 Å². The van der Waals surface area contributed by atoms with Crippen LogP contribution in [0.1, 0.15) is 17.8 Å². The highest BCUT2D eigenvalue weighted by Crippen LogP contribution is 2.34. The first-order chi connectivity index (χ1) is 13.1. The molecule has 2 amide bonds. The molecule has 0 unspecified atom stereocenters. The summed E-state index contributed by atoms with van der Waals surface area (Å²) in [6.45, 7) is 2.65. The first-order valence-electron chi connectivity index (χ1n) is 8.79. The molecule has 0 aliphatic carbocycles. The number of fused-ring (bicyclic) bond motifs is 2. The largest absolute Gasteiger partial charge is 0.326 e. The Balaban J connectivity index is 1.37. The molecule has 4 rings (SSSR count). The number of carbonyl (C=O) groups is 2. The number of aromatic nitrogens is 1. The molecule has 27 heavy (non-hydrogen) atoms. The van der Waals surface area contributed by atoms with E-state index in [1.807, 2.05) is 49.4 Å². The van der Waals surface area contributed by atoms with E-state index < -0.39 is 0 Å². The Kier molecular flexibility index (Phi) is 5.13. The van der Waals surface area contributed by atoms with Gasteiger partial charge in [-0.15, -0.1) is 23.1 Å². The number of carbonyl (C=O) groups excluding carboxylic acids is 2. The number of rotatable bonds is 4. The SMILES string of the molecule is Cc1nc2ccc(NC(=O)CCC(=O)N3CCSc4ccccc43)cc2s1. The Labute approximate surface area is 165 Å². The van der Waals surface area contributed by atoms with E-state index in [-0.39, 0.29) is 24.7 Å². The normalized spacial score (nSPS) is 13.4. The van der Waals surface area contributed by atoms with Crippen molar-refractivity contribution >= 4 is 56.5 Å². The lowest BCUT2D eigenvalue weighted by atomic mass is 10.2. The molecule has 1 aromatic heterocycles. The molecule has 0 bridgehead atoms. The van der Waals surface area contributed by atoms with Crippen LogP contribution in [0.2, 0.25) is 0 Å². The zero-order chi connectivity index (χ0) is 18.8. The maximum Gasteiger partial charge on any atom is 0.227 e. The smallest absolute Gasteiger partial charge is 0.227 e. The highest BCUT2D eigenvalue weighted by Gasteiger charge is 2.22. The number of nitrogens with zero attached hydrogens (tertiary/aromatic N) is 2. The van der Waals surface area contributed by atoms with Crippen LogP contribution in [0.25, 0.3) is 10.2 Å². The average molecular weight is 398 g/mol. The summed E-state index contributed by atoms with van der Waals surface area (Å²) in [5, 5.41) is 3.88. The summed E-state index contributed by atoms with van der Waals surface area (Å²) in [5.74, 6) is 0.721. The van der Waals surface area contributed by atoms with Gasteiger partial charge in [0.15, 0.2) is 0 Å². The van der Waals surface area contributed by atoms with Crippen LogP contribution in [-0.4, -0.2) is 29.1 Å². The predicted octanol–water partition coefficient (Wildman–Crippen LogP) is 4.46. The van der Waals surface area contributed by atoms with Crippen molar-refractivity contribution in [1.29, 1.82) is 0 Å². The third kappa shape index (κ3) is 3.99. The lowest BCUT2D eigenvalue weighted by molar-refractivity contribution is -0.122. The van der Waals surface area contributed by atoms with E-state index in [0.29, 0.717) is 6.54 Å². The zero-order valence-corrected chi connectivity index (χ0v) is 16.5. The van der Waals surface area contributed by atoms with Crippen molar-refractivity contribution in [3.05, 3.63) is 47.5 Å². The van der Waals surface area contributed by atoms with Gasteiger partial charge in [-0.05, 0) is 37.3 Å². The summed E-state index contributed by atoms with van der Waals surface area (Å²) in [5.41, 5.74) is 2.63. The number of thiazole rings is 1. The van der Waals surface area contributed by atoms with Gasteiger partial charge in [0.2, 0.25) is 11.8 Å². The Morgan fingerprint density at radius 1 is 1.19 bits per heavy atom. The van der Waals surface area contributed by atoms with Gasteiger partial charge >= 0.3 is 0 Å². The van der Waals surface area contributed by atoms with Crippen LogP contribution < -0.4 is 10.2 Å². The third-order valence-corrected chi connectivity index (χ3v) is 6.35. The number of hydrogen-bond donors (Lipinski definition) is 1. The van der Waals surface area contributed by atoms with Gasteiger partial charge in [0.1, 0.15) is 0 Å². The minimum absolute atomic E-state index is 0.00793. The molecule has 138 valence electrons. The van der Waals surface area contributed by atoms with Gasteiger partial charge in [0.25, 0.3) is 0 Å². The van der Waals surface area contributed by atoms with E-state index in [9.17, 15) is 9.59 Å². The van der Waals surface area contributed by atoms with Crippen LogP contribution in [0.15, 0.2) is 47.4 Å². The molecular weight excluding hydrogens is 378 g/mol. The van der Waals surface area contributed by atoms with E-state index in [4.69, 9.17) is 0 Å². The van der Waals surface area contributed by atoms with Crippen LogP contribution in [0, 0.1) is 6.92 Å². The lowest BCUT2D eigenvalue weighted by Gasteiger charge is -2.29. The Bertz CT molecular complexity index is 1020. The number of amides is 2. The molecule has 0 saturated carbocycles. The lowest BCUT2D eigenvalue weighted by Crippen LogP contribution is -2.35. The van der Waals surface area contributed by atoms with Crippen molar-refractivity contribution in [3.63, 3.8) is 0 Å². The molecule has 2 aromatic carbocycles. The van der Waals surface area contributed by atoms with Crippen LogP contribution in [0.5, 0.6) is 0 Å². The molecule has 7 heteroatoms. The first kappa shape index (κ1) is 18.0. The van der Waals surface area contributed by atoms with Gasteiger partial charge in [0, 0.05) is 35.7 Å². The molecule has 3 aromatic rings. The summed E-state index contributed by atoms with van der Waals surface area (Å²) >= 11 is 3.36. The molecule has 1 aliphatic heterocycles. The highest BCUT2D eigenvalue weighted by atomic mass is 32.2. The molecule has 0 fully saturated rings. The summed E-state index contributed by atoms with van der Waals surface area (Å²) in [4.78, 5) is 32.2. The standard InChI is InChI=1S/C20H19N3O2S2/c1-13-21-15-7-6-14(12-18(15)27-13)22-19(24)8-9-20(25)23-10-11-26-17-5-3-2-4-16(17)23/h2-7,12H,8-11H2,1H3,(H,22,24). The zero-order valence-electron chi connectivity index (χ0n) is 14.9. The van der Waals surface area contributed by atoms with Gasteiger partial charge in [0.05, 0.1) is 20.9 Å². The summed E-state index contributed by atoms with van der Waals surface area (Å²) in [6.07, 6.45) is 0.372. The number of anilines is 2. The van der Waals surface area contributed by atoms with Crippen molar-refractivity contribution in [1.82, 2.24) is 4.98 Å². The molecule has 0 atom stereocenters. The van der Waals surface area contributed by atoms with E-state index in [1.54, 1.807) is 28.0 Å². The summed E-state index contributed by atoms with van der Waals surface area (Å²) < 4.78 is 1.05. The van der Waals surface area contributed by atoms with Crippen molar-refractivity contribution in [2.45, 2.75) is 24.7 Å². The third-order valence-electron chi connectivity index (χ3n) is 4.37. The maximum atomic E-state index is 12.6. The molecule has 0 radical (unpaired) electrons. The number of para-hydroxylation sites is 1. The van der Waals surface area contributed by atoms with Crippen molar-refractivity contribution < 1.29 is 9.59 Å². The average Bonchev–Trinajstić information content (AvgIpc) is 3.05. The van der Waals surface area contributed by atoms with Crippen LogP contribution >= 0.6 is 23.1 Å². The van der Waals surface area contributed by atoms with E-state index in [1.165, 1.54) is 0 Å². The molecule has 0 spiro atoms. The van der Waals surface area contributed by atoms with Crippen molar-refractivity contribution in [3.8, 4) is 0 Å². The molecule has 0 saturated heterocycles. The van der Waals surface area contributed by atoms with Crippen molar-refractivity contribution in [2.75, 3.05) is 22.5 Å². The fraction of sp³-hybridized carbons (Fsp3) is 0.250. The quantitative estimate of drug-likeness (QED) is 0.706. The second kappa shape index (κ2) is 7.70. The maximum absolute atomic E-state index is 12.6. The van der Waals surface area contributed by atoms with Crippen LogP contribution in [0.4, 0.5) is 11.4 Å². The van der Waals surface area contributed by atoms with Gasteiger partial charge in [-0.1, -0.05) is 12.1 Å². The van der Waals surface area contributed by atoms with Crippen LogP contribution in [0.3, 0.4) is 0 Å². The molecular formula is C20H19N3O2S2. The van der Waals surface area contributed by atoms with E-state index >= 15 is 0 Å². The molecule has 2 heterocycles. The van der Waals surface area contributed by atoms with Gasteiger partial charge in [-0.2, -0.15) is 0 Å². The Morgan fingerprint density at radius 3 is 2.93 bits per heavy atom. The minimum Gasteiger partial charge on any atom is -0.326 e. The fourth-order valence-corrected chi connectivity index (χ4v) is 4.99. The van der Waals surface area contributed by atoms with E-state index in [0.717, 1.165) is 37.2 Å². The highest BCUT2D eigenvalue weighted by molar-refractivity contribution is 7.99. The number of thioether (sulfide) groups is 1. The fourth-order valence-electron chi connectivity index (χ4n) is 3.13. The van der Waals surface area contributed by atoms with Crippen molar-refractivity contribution in [2.24, 2.45) is 0 Å². The predicted molar refractivity (Wildman–Crippen MR) is 112 cm³/mol. The monoisotopic (exact) mass is 397 g/mol. The summed E-state index contributed by atoms with van der Waals surface area (Å²) in [7, 11) is 0. The number of aryl methyl sites for hydroxylation is 1. The Hall–Kier alpha value is -2.38. The first-order valence-corrected chi connectivity index (χ1v) is 10.6. The second-order valence-electron chi connectivity index (χ2n) is 6.33. The minimum atomic E-state index is -0.149. The van der Waals surface area contributed by atoms with Crippen LogP contribution in [-0.2, 0) is 9.59 Å². The molecule has 1 N–H and O–H groups in total. The molecule has 1 aliphatic rings. The number of benzene rings is 2. The second-order valence-corrected chi connectivity index (χ2v) is 8.70. The Morgan fingerprint density at radius 2 is 2.04 bits per heavy atom. The number of nitrogens with one attached hydrogen (secondary N) is 1. The topological polar surface area (TPSA) is 62.3 Å². The van der Waals surface area contributed by atoms with E-state index in [2.05, 4.69) is 10.3 Å². The number of hydrogen-bond acceptors (Lipinski definition) is 5.